The third-order valence-corrected chi connectivity index (χ3v) is 3.85. The summed E-state index contributed by atoms with van der Waals surface area (Å²) in [6, 6.07) is 11.1. The Morgan fingerprint density at radius 1 is 1.25 bits per heavy atom. The van der Waals surface area contributed by atoms with Crippen LogP contribution in [0.15, 0.2) is 45.3 Å². The Bertz CT molecular complexity index is 726. The van der Waals surface area contributed by atoms with Gasteiger partial charge in [-0.1, -0.05) is 22.0 Å². The summed E-state index contributed by atoms with van der Waals surface area (Å²) in [5.74, 6) is -1.02. The van der Waals surface area contributed by atoms with E-state index in [2.05, 4.69) is 37.2 Å². The fraction of sp³-hybridized carbons (Fsp3) is 0. The molecule has 0 fully saturated rings. The number of carbonyl (C=O) groups is 1. The highest BCUT2D eigenvalue weighted by atomic mass is 79.9. The van der Waals surface area contributed by atoms with Gasteiger partial charge in [0.25, 0.3) is 5.91 Å². The van der Waals surface area contributed by atoms with Crippen molar-refractivity contribution in [2.45, 2.75) is 0 Å². The molecule has 1 amide bonds. The molecule has 0 bridgehead atoms. The molecular weight excluding hydrogens is 391 g/mol. The van der Waals surface area contributed by atoms with Crippen molar-refractivity contribution in [1.29, 1.82) is 5.26 Å². The Labute approximate surface area is 131 Å². The minimum absolute atomic E-state index is 0.0889. The second-order valence-corrected chi connectivity index (χ2v) is 5.57. The zero-order chi connectivity index (χ0) is 14.7. The first-order valence-electron chi connectivity index (χ1n) is 5.48. The number of hydrogen-bond acceptors (Lipinski definition) is 2. The molecule has 2 rings (SSSR count). The monoisotopic (exact) mass is 396 g/mol. The molecule has 0 unspecified atom stereocenters. The second kappa shape index (κ2) is 6.16. The minimum atomic E-state index is -0.521. The second-order valence-electron chi connectivity index (χ2n) is 3.86. The highest BCUT2D eigenvalue weighted by Gasteiger charge is 2.14. The molecule has 0 heterocycles. The van der Waals surface area contributed by atoms with Gasteiger partial charge in [0.05, 0.1) is 21.3 Å². The van der Waals surface area contributed by atoms with Crippen LogP contribution in [0.1, 0.15) is 15.9 Å². The summed E-state index contributed by atoms with van der Waals surface area (Å²) in [4.78, 5) is 12.1. The quantitative estimate of drug-likeness (QED) is 0.812. The van der Waals surface area contributed by atoms with E-state index in [0.29, 0.717) is 11.3 Å². The molecule has 0 aliphatic heterocycles. The summed E-state index contributed by atoms with van der Waals surface area (Å²) in [6.07, 6.45) is 0. The zero-order valence-electron chi connectivity index (χ0n) is 9.95. The molecular formula is C14H7Br2FN2O. The molecule has 0 aliphatic rings. The smallest absolute Gasteiger partial charge is 0.256 e. The van der Waals surface area contributed by atoms with Crippen LogP contribution in [0.3, 0.4) is 0 Å². The molecule has 20 heavy (non-hydrogen) atoms. The van der Waals surface area contributed by atoms with E-state index in [-0.39, 0.29) is 10.0 Å². The Hall–Kier alpha value is -1.71. The predicted octanol–water partition coefficient (Wildman–Crippen LogP) is 4.47. The molecule has 100 valence electrons. The van der Waals surface area contributed by atoms with E-state index in [9.17, 15) is 9.18 Å². The fourth-order valence-electron chi connectivity index (χ4n) is 1.59. The summed E-state index contributed by atoms with van der Waals surface area (Å²) in [5, 5.41) is 11.6. The SMILES string of the molecule is N#Cc1ccc(Br)cc1NC(=O)c1cccc(F)c1Br. The summed E-state index contributed by atoms with van der Waals surface area (Å²) in [5.41, 5.74) is 0.853. The number of benzene rings is 2. The van der Waals surface area contributed by atoms with Gasteiger partial charge in [0.2, 0.25) is 0 Å². The van der Waals surface area contributed by atoms with Crippen LogP contribution >= 0.6 is 31.9 Å². The molecule has 0 saturated heterocycles. The van der Waals surface area contributed by atoms with Crippen molar-refractivity contribution < 1.29 is 9.18 Å². The molecule has 0 radical (unpaired) electrons. The van der Waals surface area contributed by atoms with Gasteiger partial charge in [-0.25, -0.2) is 4.39 Å². The first-order valence-corrected chi connectivity index (χ1v) is 7.06. The number of anilines is 1. The van der Waals surface area contributed by atoms with Crippen LogP contribution in [0.5, 0.6) is 0 Å². The Morgan fingerprint density at radius 2 is 2.00 bits per heavy atom. The van der Waals surface area contributed by atoms with Crippen molar-refractivity contribution in [3.05, 3.63) is 62.3 Å². The van der Waals surface area contributed by atoms with Gasteiger partial charge in [-0.2, -0.15) is 5.26 Å². The number of carbonyl (C=O) groups excluding carboxylic acids is 1. The van der Waals surface area contributed by atoms with Crippen molar-refractivity contribution >= 4 is 43.5 Å². The van der Waals surface area contributed by atoms with E-state index in [1.165, 1.54) is 18.2 Å². The van der Waals surface area contributed by atoms with E-state index in [4.69, 9.17) is 5.26 Å². The number of nitrogens with one attached hydrogen (secondary N) is 1. The van der Waals surface area contributed by atoms with Crippen LogP contribution in [0.4, 0.5) is 10.1 Å². The number of rotatable bonds is 2. The lowest BCUT2D eigenvalue weighted by Gasteiger charge is -2.09. The molecule has 0 saturated carbocycles. The molecule has 3 nitrogen and oxygen atoms in total. The maximum atomic E-state index is 13.4. The average molecular weight is 398 g/mol. The molecule has 6 heteroatoms. The van der Waals surface area contributed by atoms with E-state index < -0.39 is 11.7 Å². The average Bonchev–Trinajstić information content (AvgIpc) is 2.42. The van der Waals surface area contributed by atoms with Crippen molar-refractivity contribution in [1.82, 2.24) is 0 Å². The van der Waals surface area contributed by atoms with Crippen LogP contribution in [-0.2, 0) is 0 Å². The Morgan fingerprint density at radius 3 is 2.70 bits per heavy atom. The maximum Gasteiger partial charge on any atom is 0.256 e. The lowest BCUT2D eigenvalue weighted by atomic mass is 10.1. The van der Waals surface area contributed by atoms with E-state index in [1.807, 2.05) is 6.07 Å². The van der Waals surface area contributed by atoms with Gasteiger partial charge >= 0.3 is 0 Å². The molecule has 2 aromatic rings. The van der Waals surface area contributed by atoms with E-state index in [1.54, 1.807) is 18.2 Å². The molecule has 1 N–H and O–H groups in total. The fourth-order valence-corrected chi connectivity index (χ4v) is 2.39. The van der Waals surface area contributed by atoms with Gasteiger partial charge in [-0.15, -0.1) is 0 Å². The molecule has 0 aliphatic carbocycles. The maximum absolute atomic E-state index is 13.4. The van der Waals surface area contributed by atoms with Crippen LogP contribution in [-0.4, -0.2) is 5.91 Å². The zero-order valence-corrected chi connectivity index (χ0v) is 13.1. The van der Waals surface area contributed by atoms with Crippen LogP contribution in [0.2, 0.25) is 0 Å². The first-order chi connectivity index (χ1) is 9.52. The largest absolute Gasteiger partial charge is 0.321 e. The van der Waals surface area contributed by atoms with Crippen molar-refractivity contribution in [3.8, 4) is 6.07 Å². The molecule has 0 atom stereocenters. The predicted molar refractivity (Wildman–Crippen MR) is 80.9 cm³/mol. The normalized spacial score (nSPS) is 9.90. The third kappa shape index (κ3) is 3.06. The summed E-state index contributed by atoms with van der Waals surface area (Å²) in [6.45, 7) is 0. The van der Waals surface area contributed by atoms with Gasteiger partial charge in [0.15, 0.2) is 0 Å². The topological polar surface area (TPSA) is 52.9 Å². The van der Waals surface area contributed by atoms with Gasteiger partial charge < -0.3 is 5.32 Å². The summed E-state index contributed by atoms with van der Waals surface area (Å²) < 4.78 is 14.2. The molecule has 0 spiro atoms. The number of nitriles is 1. The molecule has 0 aromatic heterocycles. The number of halogens is 3. The lowest BCUT2D eigenvalue weighted by molar-refractivity contribution is 0.102. The minimum Gasteiger partial charge on any atom is -0.321 e. The lowest BCUT2D eigenvalue weighted by Crippen LogP contribution is -2.14. The van der Waals surface area contributed by atoms with Crippen molar-refractivity contribution in [2.24, 2.45) is 0 Å². The van der Waals surface area contributed by atoms with E-state index in [0.717, 1.165) is 4.47 Å². The van der Waals surface area contributed by atoms with Crippen molar-refractivity contribution in [3.63, 3.8) is 0 Å². The third-order valence-electron chi connectivity index (χ3n) is 2.55. The van der Waals surface area contributed by atoms with Crippen molar-refractivity contribution in [2.75, 3.05) is 5.32 Å². The van der Waals surface area contributed by atoms with E-state index >= 15 is 0 Å². The Kier molecular flexibility index (Phi) is 4.53. The highest BCUT2D eigenvalue weighted by molar-refractivity contribution is 9.10. The number of amides is 1. The summed E-state index contributed by atoms with van der Waals surface area (Å²) in [7, 11) is 0. The van der Waals surface area contributed by atoms with Crippen LogP contribution < -0.4 is 5.32 Å². The standard InChI is InChI=1S/C14H7Br2FN2O/c15-9-5-4-8(7-18)12(6-9)19-14(20)10-2-1-3-11(17)13(10)16/h1-6H,(H,19,20). The number of nitrogens with zero attached hydrogens (tertiary/aromatic N) is 1. The van der Waals surface area contributed by atoms with Crippen LogP contribution in [0, 0.1) is 17.1 Å². The molecule has 2 aromatic carbocycles. The van der Waals surface area contributed by atoms with Crippen LogP contribution in [0.25, 0.3) is 0 Å². The Balaban J connectivity index is 2.35. The summed E-state index contributed by atoms with van der Waals surface area (Å²) >= 11 is 6.30. The van der Waals surface area contributed by atoms with Gasteiger partial charge in [0, 0.05) is 4.47 Å². The van der Waals surface area contributed by atoms with Gasteiger partial charge in [-0.3, -0.25) is 4.79 Å². The first kappa shape index (κ1) is 14.7. The van der Waals surface area contributed by atoms with Gasteiger partial charge in [0.1, 0.15) is 11.9 Å². The highest BCUT2D eigenvalue weighted by Crippen LogP contribution is 2.24. The number of hydrogen-bond donors (Lipinski definition) is 1. The van der Waals surface area contributed by atoms with Gasteiger partial charge in [-0.05, 0) is 46.3 Å².